The van der Waals surface area contributed by atoms with Crippen molar-refractivity contribution in [3.63, 3.8) is 0 Å². The fraction of sp³-hybridized carbons (Fsp3) is 0.348. The number of rotatable bonds is 2. The highest BCUT2D eigenvalue weighted by molar-refractivity contribution is 6.18. The second kappa shape index (κ2) is 5.67. The van der Waals surface area contributed by atoms with Crippen LogP contribution in [0.4, 0.5) is 0 Å². The van der Waals surface area contributed by atoms with Crippen LogP contribution in [0.1, 0.15) is 36.0 Å². The number of hydrogen-bond donors (Lipinski definition) is 0. The van der Waals surface area contributed by atoms with E-state index in [1.165, 1.54) is 29.0 Å². The Morgan fingerprint density at radius 3 is 2.20 bits per heavy atom. The minimum absolute atomic E-state index is 0.179. The summed E-state index contributed by atoms with van der Waals surface area (Å²) in [6, 6.07) is 20.1. The van der Waals surface area contributed by atoms with Gasteiger partial charge in [0.05, 0.1) is 0 Å². The molecule has 2 heterocycles. The van der Waals surface area contributed by atoms with Gasteiger partial charge in [0.2, 0.25) is 0 Å². The van der Waals surface area contributed by atoms with Crippen LogP contribution in [0.15, 0.2) is 54.6 Å². The Morgan fingerprint density at radius 1 is 0.880 bits per heavy atom. The maximum atomic E-state index is 13.5. The molecule has 0 spiro atoms. The predicted molar refractivity (Wildman–Crippen MR) is 103 cm³/mol. The van der Waals surface area contributed by atoms with Crippen molar-refractivity contribution in [3.8, 4) is 0 Å². The Balaban J connectivity index is 1.63. The number of ketones is 1. The minimum Gasteiger partial charge on any atom is -0.300 e. The number of nitrogens with zero attached hydrogens (tertiary/aromatic N) is 1. The van der Waals surface area contributed by atoms with E-state index in [2.05, 4.69) is 60.5 Å². The van der Waals surface area contributed by atoms with E-state index in [1.807, 2.05) is 6.07 Å². The quantitative estimate of drug-likeness (QED) is 0.484. The van der Waals surface area contributed by atoms with Gasteiger partial charge in [-0.15, -0.1) is 0 Å². The molecule has 2 saturated heterocycles. The molecule has 3 aromatic rings. The average molecular weight is 329 g/mol. The maximum absolute atomic E-state index is 13.5. The Kier molecular flexibility index (Phi) is 3.42. The number of benzene rings is 3. The Morgan fingerprint density at radius 2 is 1.48 bits per heavy atom. The van der Waals surface area contributed by atoms with Gasteiger partial charge in [-0.05, 0) is 60.3 Å². The summed E-state index contributed by atoms with van der Waals surface area (Å²) < 4.78 is 0. The summed E-state index contributed by atoms with van der Waals surface area (Å²) in [7, 11) is 2.23. The van der Waals surface area contributed by atoms with Gasteiger partial charge in [0.25, 0.3) is 0 Å². The number of carbonyl (C=O) groups excluding carboxylic acids is 1. The first-order chi connectivity index (χ1) is 12.2. The highest BCUT2D eigenvalue weighted by Crippen LogP contribution is 2.40. The Labute approximate surface area is 148 Å². The third-order valence-corrected chi connectivity index (χ3v) is 6.50. The van der Waals surface area contributed by atoms with E-state index in [0.717, 1.165) is 23.8 Å². The molecular weight excluding hydrogens is 306 g/mol. The lowest BCUT2D eigenvalue weighted by Crippen LogP contribution is -2.42. The van der Waals surface area contributed by atoms with Crippen LogP contribution >= 0.6 is 0 Å². The van der Waals surface area contributed by atoms with E-state index in [1.54, 1.807) is 0 Å². The van der Waals surface area contributed by atoms with E-state index in [4.69, 9.17) is 0 Å². The van der Waals surface area contributed by atoms with E-state index >= 15 is 0 Å². The lowest BCUT2D eigenvalue weighted by Gasteiger charge is -2.35. The number of piperidine rings is 1. The molecule has 0 aliphatic carbocycles. The van der Waals surface area contributed by atoms with Gasteiger partial charge in [0, 0.05) is 23.6 Å². The van der Waals surface area contributed by atoms with Crippen LogP contribution in [0.5, 0.6) is 0 Å². The number of carbonyl (C=O) groups is 1. The van der Waals surface area contributed by atoms with Crippen molar-refractivity contribution >= 4 is 27.3 Å². The topological polar surface area (TPSA) is 20.3 Å². The van der Waals surface area contributed by atoms with Crippen LogP contribution in [0.3, 0.4) is 0 Å². The Hall–Kier alpha value is -2.19. The fourth-order valence-electron chi connectivity index (χ4n) is 5.10. The summed E-state index contributed by atoms with van der Waals surface area (Å²) in [6.45, 7) is 0. The van der Waals surface area contributed by atoms with Crippen LogP contribution in [-0.4, -0.2) is 29.8 Å². The first-order valence-corrected chi connectivity index (χ1v) is 9.39. The first kappa shape index (κ1) is 15.1. The van der Waals surface area contributed by atoms with Gasteiger partial charge in [-0.3, -0.25) is 4.79 Å². The molecule has 2 fully saturated rings. The largest absolute Gasteiger partial charge is 0.300 e. The summed E-state index contributed by atoms with van der Waals surface area (Å²) in [5.74, 6) is 0.533. The highest BCUT2D eigenvalue weighted by Gasteiger charge is 2.41. The van der Waals surface area contributed by atoms with Crippen LogP contribution in [0.2, 0.25) is 0 Å². The monoisotopic (exact) mass is 329 g/mol. The van der Waals surface area contributed by atoms with Gasteiger partial charge < -0.3 is 4.90 Å². The number of fused-ring (bicyclic) bond motifs is 5. The van der Waals surface area contributed by atoms with Gasteiger partial charge in [0.15, 0.2) is 5.78 Å². The van der Waals surface area contributed by atoms with Crippen LogP contribution < -0.4 is 0 Å². The summed E-state index contributed by atoms with van der Waals surface area (Å²) in [4.78, 5) is 16.0. The molecule has 0 N–H and O–H groups in total. The van der Waals surface area contributed by atoms with Gasteiger partial charge in [-0.25, -0.2) is 0 Å². The normalized spacial score (nSPS) is 26.4. The summed E-state index contributed by atoms with van der Waals surface area (Å²) in [5, 5.41) is 4.70. The second-order valence-corrected chi connectivity index (χ2v) is 7.77. The lowest BCUT2D eigenvalue weighted by atomic mass is 9.83. The Bertz CT molecular complexity index is 962. The van der Waals surface area contributed by atoms with Crippen LogP contribution in [-0.2, 0) is 0 Å². The minimum atomic E-state index is 0.179. The number of Topliss-reactive ketones (excluding diaryl/α,β-unsaturated/α-hetero) is 1. The summed E-state index contributed by atoms with van der Waals surface area (Å²) in [6.07, 6.45) is 4.55. The molecule has 126 valence electrons. The standard InChI is InChI=1S/C23H23NO/c1-24-17-10-11-18(24)13-16(12-17)23(25)22-14-15-6-2-3-7-19(15)20-8-4-5-9-21(20)22/h2-9,14,16-18H,10-13H2,1H3. The molecule has 25 heavy (non-hydrogen) atoms. The number of hydrogen-bond acceptors (Lipinski definition) is 2. The van der Waals surface area contributed by atoms with Crippen molar-refractivity contribution in [1.29, 1.82) is 0 Å². The van der Waals surface area contributed by atoms with E-state index in [-0.39, 0.29) is 5.92 Å². The molecule has 2 bridgehead atoms. The molecule has 0 amide bonds. The van der Waals surface area contributed by atoms with Gasteiger partial charge in [0.1, 0.15) is 0 Å². The molecule has 5 rings (SSSR count). The first-order valence-electron chi connectivity index (χ1n) is 9.39. The molecule has 2 aliphatic heterocycles. The molecule has 2 atom stereocenters. The molecule has 0 aromatic heterocycles. The molecule has 3 aromatic carbocycles. The molecule has 0 saturated carbocycles. The van der Waals surface area contributed by atoms with Gasteiger partial charge in [-0.1, -0.05) is 48.5 Å². The molecular formula is C23H23NO. The highest BCUT2D eigenvalue weighted by atomic mass is 16.1. The average Bonchev–Trinajstić information content (AvgIpc) is 2.86. The van der Waals surface area contributed by atoms with E-state index in [0.29, 0.717) is 17.9 Å². The molecule has 2 aliphatic rings. The zero-order valence-corrected chi connectivity index (χ0v) is 14.6. The van der Waals surface area contributed by atoms with Crippen molar-refractivity contribution in [2.24, 2.45) is 5.92 Å². The molecule has 0 radical (unpaired) electrons. The zero-order valence-electron chi connectivity index (χ0n) is 14.6. The van der Waals surface area contributed by atoms with E-state index < -0.39 is 0 Å². The molecule has 2 heteroatoms. The zero-order chi connectivity index (χ0) is 17.0. The third kappa shape index (κ3) is 2.31. The lowest BCUT2D eigenvalue weighted by molar-refractivity contribution is 0.0769. The van der Waals surface area contributed by atoms with Gasteiger partial charge in [-0.2, -0.15) is 0 Å². The van der Waals surface area contributed by atoms with Crippen molar-refractivity contribution in [3.05, 3.63) is 60.2 Å². The predicted octanol–water partition coefficient (Wildman–Crippen LogP) is 5.05. The van der Waals surface area contributed by atoms with Crippen LogP contribution in [0.25, 0.3) is 21.5 Å². The fourth-order valence-corrected chi connectivity index (χ4v) is 5.10. The van der Waals surface area contributed by atoms with Crippen molar-refractivity contribution < 1.29 is 4.79 Å². The second-order valence-electron chi connectivity index (χ2n) is 7.77. The maximum Gasteiger partial charge on any atom is 0.166 e. The van der Waals surface area contributed by atoms with Crippen molar-refractivity contribution in [2.45, 2.75) is 37.8 Å². The summed E-state index contributed by atoms with van der Waals surface area (Å²) in [5.41, 5.74) is 0.920. The van der Waals surface area contributed by atoms with Gasteiger partial charge >= 0.3 is 0 Å². The third-order valence-electron chi connectivity index (χ3n) is 6.50. The van der Waals surface area contributed by atoms with E-state index in [9.17, 15) is 4.79 Å². The SMILES string of the molecule is CN1C2CCC1CC(C(=O)c1cc3ccccc3c3ccccc13)C2. The molecule has 2 nitrogen and oxygen atoms in total. The van der Waals surface area contributed by atoms with Crippen molar-refractivity contribution in [2.75, 3.05) is 7.05 Å². The molecule has 2 unspecified atom stereocenters. The summed E-state index contributed by atoms with van der Waals surface area (Å²) >= 11 is 0. The van der Waals surface area contributed by atoms with Crippen molar-refractivity contribution in [1.82, 2.24) is 4.90 Å². The smallest absolute Gasteiger partial charge is 0.166 e. The van der Waals surface area contributed by atoms with Crippen LogP contribution in [0, 0.1) is 5.92 Å².